The summed E-state index contributed by atoms with van der Waals surface area (Å²) in [4.78, 5) is 41.4. The van der Waals surface area contributed by atoms with Crippen molar-refractivity contribution < 1.29 is 72.8 Å². The summed E-state index contributed by atoms with van der Waals surface area (Å²) < 4.78 is 33.7. The van der Waals surface area contributed by atoms with Gasteiger partial charge in [0.1, 0.15) is 24.4 Å². The molecular formula is C56H112O15. The Bertz CT molecular complexity index is 1070. The highest BCUT2D eigenvalue weighted by molar-refractivity contribution is 5.72. The van der Waals surface area contributed by atoms with Crippen LogP contribution in [0.25, 0.3) is 0 Å². The first-order valence-electron chi connectivity index (χ1n) is 28.1. The molecule has 0 spiro atoms. The highest BCUT2D eigenvalue weighted by Gasteiger charge is 2.30. The Kier molecular flexibility index (Phi) is 59.9. The molecule has 5 rings (SSSR count). The van der Waals surface area contributed by atoms with E-state index in [1.165, 1.54) is 77.0 Å². The van der Waals surface area contributed by atoms with Crippen LogP contribution in [-0.2, 0) is 47.5 Å². The van der Waals surface area contributed by atoms with Crippen LogP contribution < -0.4 is 0 Å². The highest BCUT2D eigenvalue weighted by Crippen LogP contribution is 2.30. The van der Waals surface area contributed by atoms with Crippen molar-refractivity contribution in [1.29, 1.82) is 0 Å². The molecule has 3 atom stereocenters. The molecule has 4 N–H and O–H groups in total. The van der Waals surface area contributed by atoms with Crippen molar-refractivity contribution in [3.8, 4) is 0 Å². The summed E-state index contributed by atoms with van der Waals surface area (Å²) in [6.07, 6.45) is 26.7. The summed E-state index contributed by atoms with van der Waals surface area (Å²) in [6, 6.07) is 0. The van der Waals surface area contributed by atoms with Crippen molar-refractivity contribution in [2.45, 2.75) is 254 Å². The van der Waals surface area contributed by atoms with Gasteiger partial charge in [0.2, 0.25) is 0 Å². The van der Waals surface area contributed by atoms with Gasteiger partial charge in [0.15, 0.2) is 0 Å². The number of ether oxygens (including phenoxy) is 7. The van der Waals surface area contributed by atoms with Crippen LogP contribution >= 0.6 is 0 Å². The van der Waals surface area contributed by atoms with Crippen LogP contribution in [0.1, 0.15) is 237 Å². The molecule has 71 heavy (non-hydrogen) atoms. The van der Waals surface area contributed by atoms with Crippen molar-refractivity contribution in [1.82, 2.24) is 0 Å². The second-order valence-electron chi connectivity index (χ2n) is 19.2. The molecule has 3 unspecified atom stereocenters. The zero-order valence-electron chi connectivity index (χ0n) is 47.4. The van der Waals surface area contributed by atoms with Gasteiger partial charge in [-0.25, -0.2) is 4.79 Å². The van der Waals surface area contributed by atoms with Gasteiger partial charge in [0, 0.05) is 58.9 Å². The average Bonchev–Trinajstić information content (AvgIpc) is 4.10. The van der Waals surface area contributed by atoms with E-state index >= 15 is 0 Å². The van der Waals surface area contributed by atoms with Crippen molar-refractivity contribution in [2.75, 3.05) is 66.1 Å². The van der Waals surface area contributed by atoms with Gasteiger partial charge >= 0.3 is 24.1 Å². The standard InChI is InChI=1S/C9H18O.2C7H16O.3C6H10O2.C5H8O3.C5H12O2.C5H12O/c1-2-8-3-5-9(7-10)6-4-8;1-3-5-7-8-6-4-2;1-2-3-4-5-6-7-8;1-6(2)4-3-5(7)8-6;1-5-2-3-8-6(7)4-5;1-2-5-3-4-6(7)8-5;1-2-4-3-7-5(6)8-4;1-2-4-7-5-3-6;1-2-3-4-5-6/h8-10H,2-7H2,1H3;3-7H2,1-2H3;8H,2-7H2,1H3;3-4H2,1-2H3;2*5H,2-4H2,1H3;4H,2-3H2,1H3;6H,2-5H2,1H3;6H,2-5H2,1H3. The number of unbranched alkanes of at least 4 members (excludes halogenated alkanes) is 7. The lowest BCUT2D eigenvalue weighted by Gasteiger charge is -2.26. The minimum Gasteiger partial charge on any atom is -0.466 e. The summed E-state index contributed by atoms with van der Waals surface area (Å²) >= 11 is 0. The third-order valence-electron chi connectivity index (χ3n) is 11.6. The largest absolute Gasteiger partial charge is 0.508 e. The van der Waals surface area contributed by atoms with Crippen molar-refractivity contribution in [2.24, 2.45) is 17.8 Å². The maximum absolute atomic E-state index is 10.5. The monoisotopic (exact) mass is 1020 g/mol. The second kappa shape index (κ2) is 56.7. The third kappa shape index (κ3) is 56.6. The minimum absolute atomic E-state index is 0.00231. The molecule has 5 aliphatic rings. The lowest BCUT2D eigenvalue weighted by Crippen LogP contribution is -2.18. The maximum atomic E-state index is 10.5. The number of aliphatic hydroxyl groups excluding tert-OH is 4. The predicted octanol–water partition coefficient (Wildman–Crippen LogP) is 12.0. The Balaban J connectivity index is -0.000000357. The van der Waals surface area contributed by atoms with Crippen molar-refractivity contribution in [3.63, 3.8) is 0 Å². The zero-order chi connectivity index (χ0) is 54.4. The Morgan fingerprint density at radius 1 is 0.521 bits per heavy atom. The molecule has 0 aromatic carbocycles. The van der Waals surface area contributed by atoms with Gasteiger partial charge in [-0.1, -0.05) is 127 Å². The molecule has 1 aliphatic carbocycles. The fourth-order valence-corrected chi connectivity index (χ4v) is 6.77. The Labute approximate surface area is 433 Å². The number of carbonyl (C=O) groups excluding carboxylic acids is 4. The molecular weight excluding hydrogens is 913 g/mol. The number of cyclic esters (lactones) is 5. The molecule has 15 heteroatoms. The Morgan fingerprint density at radius 2 is 1.07 bits per heavy atom. The molecule has 4 heterocycles. The summed E-state index contributed by atoms with van der Waals surface area (Å²) in [5, 5.41) is 33.6. The van der Waals surface area contributed by atoms with E-state index in [1.54, 1.807) is 0 Å². The summed E-state index contributed by atoms with van der Waals surface area (Å²) in [5.41, 5.74) is -0.183. The molecule has 0 aromatic heterocycles. The van der Waals surface area contributed by atoms with Crippen LogP contribution in [0.5, 0.6) is 0 Å². The van der Waals surface area contributed by atoms with Crippen LogP contribution in [0.3, 0.4) is 0 Å². The van der Waals surface area contributed by atoms with E-state index < -0.39 is 6.16 Å². The zero-order valence-corrected chi connectivity index (χ0v) is 47.4. The SMILES string of the molecule is CC1(C)CCC(=O)O1.CC1CCOC(=O)C1.CCC1CCC(=O)O1.CCC1CCC(CO)CC1.CCC1COC(=O)O1.CCCCCCCO.CCCCCO.CCCCOCCC.CCCOCCO. The van der Waals surface area contributed by atoms with Crippen molar-refractivity contribution in [3.05, 3.63) is 0 Å². The molecule has 4 saturated heterocycles. The average molecular weight is 1030 g/mol. The molecule has 0 radical (unpaired) electrons. The Morgan fingerprint density at radius 3 is 1.39 bits per heavy atom. The molecule has 15 nitrogen and oxygen atoms in total. The molecule has 0 bridgehead atoms. The van der Waals surface area contributed by atoms with Crippen LogP contribution in [-0.4, -0.2) is 128 Å². The van der Waals surface area contributed by atoms with Gasteiger partial charge in [-0.15, -0.1) is 0 Å². The number of hydrogen-bond donors (Lipinski definition) is 4. The van der Waals surface area contributed by atoms with Crippen molar-refractivity contribution >= 4 is 24.1 Å². The molecule has 1 saturated carbocycles. The molecule has 426 valence electrons. The van der Waals surface area contributed by atoms with Gasteiger partial charge in [-0.3, -0.25) is 14.4 Å². The lowest BCUT2D eigenvalue weighted by molar-refractivity contribution is -0.149. The van der Waals surface area contributed by atoms with E-state index in [0.29, 0.717) is 70.7 Å². The topological polar surface area (TPSA) is 214 Å². The number of aliphatic hydroxyl groups is 4. The maximum Gasteiger partial charge on any atom is 0.508 e. The first-order chi connectivity index (χ1) is 34.1. The van der Waals surface area contributed by atoms with E-state index in [1.807, 2.05) is 34.6 Å². The molecule has 5 fully saturated rings. The molecule has 0 aromatic rings. The van der Waals surface area contributed by atoms with Gasteiger partial charge in [0.25, 0.3) is 0 Å². The highest BCUT2D eigenvalue weighted by atomic mass is 16.8. The van der Waals surface area contributed by atoms with Crippen LogP contribution in [0, 0.1) is 17.8 Å². The van der Waals surface area contributed by atoms with E-state index in [4.69, 9.17) is 44.1 Å². The van der Waals surface area contributed by atoms with E-state index in [0.717, 1.165) is 89.9 Å². The second-order valence-corrected chi connectivity index (χ2v) is 19.2. The van der Waals surface area contributed by atoms with E-state index in [-0.39, 0.29) is 42.3 Å². The fraction of sp³-hybridized carbons (Fsp3) is 0.929. The van der Waals surface area contributed by atoms with Gasteiger partial charge in [-0.2, -0.15) is 0 Å². The number of carbonyl (C=O) groups is 4. The lowest BCUT2D eigenvalue weighted by atomic mass is 9.81. The smallest absolute Gasteiger partial charge is 0.466 e. The Hall–Kier alpha value is -2.56. The first-order valence-corrected chi connectivity index (χ1v) is 28.1. The van der Waals surface area contributed by atoms with Crippen LogP contribution in [0.4, 0.5) is 4.79 Å². The number of rotatable bonds is 21. The van der Waals surface area contributed by atoms with Crippen LogP contribution in [0.2, 0.25) is 0 Å². The van der Waals surface area contributed by atoms with Gasteiger partial charge < -0.3 is 53.6 Å². The normalized spacial score (nSPS) is 21.1. The minimum atomic E-state index is -0.531. The third-order valence-corrected chi connectivity index (χ3v) is 11.6. The number of hydrogen-bond acceptors (Lipinski definition) is 15. The quantitative estimate of drug-likeness (QED) is 0.0478. The predicted molar refractivity (Wildman–Crippen MR) is 284 cm³/mol. The summed E-state index contributed by atoms with van der Waals surface area (Å²) in [6.45, 7) is 28.3. The first kappa shape index (κ1) is 75.0. The fourth-order valence-electron chi connectivity index (χ4n) is 6.77. The summed E-state index contributed by atoms with van der Waals surface area (Å²) in [5.74, 6) is 2.00. The summed E-state index contributed by atoms with van der Waals surface area (Å²) in [7, 11) is 0. The number of esters is 3. The van der Waals surface area contributed by atoms with Gasteiger partial charge in [0.05, 0.1) is 19.8 Å². The van der Waals surface area contributed by atoms with Gasteiger partial charge in [-0.05, 0) is 109 Å². The van der Waals surface area contributed by atoms with E-state index in [2.05, 4.69) is 51.0 Å². The molecule has 4 aliphatic heterocycles. The molecule has 0 amide bonds. The van der Waals surface area contributed by atoms with Crippen LogP contribution in [0.15, 0.2) is 0 Å². The van der Waals surface area contributed by atoms with E-state index in [9.17, 15) is 19.2 Å².